The number of likely N-dealkylation sites (tertiary alicyclic amines) is 1. The van der Waals surface area contributed by atoms with Gasteiger partial charge in [-0.2, -0.15) is 12.7 Å². The van der Waals surface area contributed by atoms with Crippen molar-refractivity contribution in [1.29, 1.82) is 0 Å². The van der Waals surface area contributed by atoms with Crippen molar-refractivity contribution in [3.8, 4) is 0 Å². The average molecular weight is 346 g/mol. The Bertz CT molecular complexity index is 499. The van der Waals surface area contributed by atoms with Crippen LogP contribution in [0, 0.1) is 17.8 Å². The Morgan fingerprint density at radius 1 is 1.09 bits per heavy atom. The lowest BCUT2D eigenvalue weighted by atomic mass is 9.94. The highest BCUT2D eigenvalue weighted by Gasteiger charge is 2.30. The molecule has 2 heterocycles. The SMILES string of the molecule is C[C@@H]1CCCN(C(=O)CCNS(=O)(=O)N2C[C@H](C)C[C@H](C)C2)C1. The van der Waals surface area contributed by atoms with E-state index in [0.717, 1.165) is 25.9 Å². The monoisotopic (exact) mass is 345 g/mol. The Balaban J connectivity index is 1.79. The number of nitrogens with one attached hydrogen (secondary N) is 1. The van der Waals surface area contributed by atoms with Crippen LogP contribution in [0.2, 0.25) is 0 Å². The van der Waals surface area contributed by atoms with Crippen LogP contribution in [-0.4, -0.2) is 56.3 Å². The highest BCUT2D eigenvalue weighted by Crippen LogP contribution is 2.22. The number of hydrogen-bond acceptors (Lipinski definition) is 3. The van der Waals surface area contributed by atoms with Gasteiger partial charge in [0.05, 0.1) is 0 Å². The molecule has 0 aliphatic carbocycles. The smallest absolute Gasteiger partial charge is 0.279 e. The first-order valence-electron chi connectivity index (χ1n) is 8.80. The van der Waals surface area contributed by atoms with Gasteiger partial charge in [0.1, 0.15) is 0 Å². The van der Waals surface area contributed by atoms with Gasteiger partial charge in [-0.1, -0.05) is 20.8 Å². The number of amides is 1. The molecule has 1 amide bonds. The summed E-state index contributed by atoms with van der Waals surface area (Å²) in [4.78, 5) is 14.1. The first-order valence-corrected chi connectivity index (χ1v) is 10.2. The number of hydrogen-bond donors (Lipinski definition) is 1. The second-order valence-corrected chi connectivity index (χ2v) is 9.25. The molecule has 0 aromatic rings. The first kappa shape index (κ1) is 18.7. The lowest BCUT2D eigenvalue weighted by Crippen LogP contribution is -2.48. The van der Waals surface area contributed by atoms with Gasteiger partial charge in [0, 0.05) is 39.1 Å². The van der Waals surface area contributed by atoms with Crippen molar-refractivity contribution in [2.24, 2.45) is 17.8 Å². The molecule has 0 radical (unpaired) electrons. The lowest BCUT2D eigenvalue weighted by molar-refractivity contribution is -0.132. The third-order valence-corrected chi connectivity index (χ3v) is 6.36. The molecule has 0 unspecified atom stereocenters. The normalized spacial score (nSPS) is 30.4. The molecule has 1 N–H and O–H groups in total. The second-order valence-electron chi connectivity index (χ2n) is 7.50. The van der Waals surface area contributed by atoms with Crippen LogP contribution in [0.3, 0.4) is 0 Å². The van der Waals surface area contributed by atoms with E-state index in [4.69, 9.17) is 0 Å². The fourth-order valence-corrected chi connectivity index (χ4v) is 5.20. The minimum Gasteiger partial charge on any atom is -0.342 e. The van der Waals surface area contributed by atoms with Crippen molar-refractivity contribution in [3.63, 3.8) is 0 Å². The molecule has 0 bridgehead atoms. The molecule has 7 heteroatoms. The maximum atomic E-state index is 12.4. The van der Waals surface area contributed by atoms with E-state index in [1.165, 1.54) is 10.7 Å². The number of nitrogens with zero attached hydrogens (tertiary/aromatic N) is 2. The lowest BCUT2D eigenvalue weighted by Gasteiger charge is -2.34. The third-order valence-electron chi connectivity index (χ3n) is 4.81. The van der Waals surface area contributed by atoms with Crippen LogP contribution in [0.1, 0.15) is 46.5 Å². The number of piperidine rings is 2. The van der Waals surface area contributed by atoms with Crippen LogP contribution in [-0.2, 0) is 15.0 Å². The van der Waals surface area contributed by atoms with Crippen molar-refractivity contribution < 1.29 is 13.2 Å². The van der Waals surface area contributed by atoms with Crippen LogP contribution in [0.4, 0.5) is 0 Å². The molecule has 3 atom stereocenters. The number of carbonyl (C=O) groups is 1. The molecular weight excluding hydrogens is 314 g/mol. The molecule has 2 aliphatic heterocycles. The molecule has 0 aromatic carbocycles. The van der Waals surface area contributed by atoms with Crippen molar-refractivity contribution >= 4 is 16.1 Å². The van der Waals surface area contributed by atoms with Crippen LogP contribution < -0.4 is 4.72 Å². The minimum absolute atomic E-state index is 0.0552. The molecule has 0 aromatic heterocycles. The van der Waals surface area contributed by atoms with Gasteiger partial charge in [-0.15, -0.1) is 0 Å². The van der Waals surface area contributed by atoms with E-state index in [1.807, 2.05) is 4.90 Å². The highest BCUT2D eigenvalue weighted by atomic mass is 32.2. The summed E-state index contributed by atoms with van der Waals surface area (Å²) < 4.78 is 28.9. The van der Waals surface area contributed by atoms with Gasteiger partial charge in [-0.05, 0) is 37.0 Å². The summed E-state index contributed by atoms with van der Waals surface area (Å²) in [6.07, 6.45) is 3.52. The quantitative estimate of drug-likeness (QED) is 0.820. The summed E-state index contributed by atoms with van der Waals surface area (Å²) in [5.74, 6) is 1.36. The van der Waals surface area contributed by atoms with E-state index in [0.29, 0.717) is 30.8 Å². The highest BCUT2D eigenvalue weighted by molar-refractivity contribution is 7.87. The summed E-state index contributed by atoms with van der Waals surface area (Å²) in [6, 6.07) is 0. The molecular formula is C16H31N3O3S. The predicted molar refractivity (Wildman–Crippen MR) is 91.0 cm³/mol. The van der Waals surface area contributed by atoms with Gasteiger partial charge >= 0.3 is 0 Å². The fourth-order valence-electron chi connectivity index (χ4n) is 3.75. The maximum absolute atomic E-state index is 12.4. The summed E-state index contributed by atoms with van der Waals surface area (Å²) in [6.45, 7) is 9.24. The van der Waals surface area contributed by atoms with Gasteiger partial charge in [0.25, 0.3) is 10.2 Å². The molecule has 2 fully saturated rings. The molecule has 2 rings (SSSR count). The van der Waals surface area contributed by atoms with Gasteiger partial charge in [-0.25, -0.2) is 4.72 Å². The average Bonchev–Trinajstić information content (AvgIpc) is 2.46. The van der Waals surface area contributed by atoms with Crippen molar-refractivity contribution in [3.05, 3.63) is 0 Å². The molecule has 2 aliphatic rings. The first-order chi connectivity index (χ1) is 10.8. The Hall–Kier alpha value is -0.660. The zero-order valence-electron chi connectivity index (χ0n) is 14.6. The van der Waals surface area contributed by atoms with E-state index >= 15 is 0 Å². The Morgan fingerprint density at radius 3 is 2.35 bits per heavy atom. The molecule has 23 heavy (non-hydrogen) atoms. The third kappa shape index (κ3) is 5.43. The van der Waals surface area contributed by atoms with Crippen molar-refractivity contribution in [1.82, 2.24) is 13.9 Å². The minimum atomic E-state index is -3.47. The zero-order valence-corrected chi connectivity index (χ0v) is 15.4. The molecule has 6 nitrogen and oxygen atoms in total. The predicted octanol–water partition coefficient (Wildman–Crippen LogP) is 1.45. The molecule has 2 saturated heterocycles. The van der Waals surface area contributed by atoms with Crippen molar-refractivity contribution in [2.45, 2.75) is 46.5 Å². The Labute approximate surface area is 140 Å². The van der Waals surface area contributed by atoms with Crippen LogP contribution in [0.5, 0.6) is 0 Å². The van der Waals surface area contributed by atoms with E-state index in [2.05, 4.69) is 25.5 Å². The largest absolute Gasteiger partial charge is 0.342 e. The Morgan fingerprint density at radius 2 is 1.74 bits per heavy atom. The molecule has 0 saturated carbocycles. The summed E-state index contributed by atoms with van der Waals surface area (Å²) in [5, 5.41) is 0. The van der Waals surface area contributed by atoms with Gasteiger partial charge in [-0.3, -0.25) is 4.79 Å². The number of carbonyl (C=O) groups excluding carboxylic acids is 1. The summed E-state index contributed by atoms with van der Waals surface area (Å²) in [7, 11) is -3.47. The van der Waals surface area contributed by atoms with Gasteiger partial charge in [0.2, 0.25) is 5.91 Å². The Kier molecular flexibility index (Phi) is 6.45. The van der Waals surface area contributed by atoms with Gasteiger partial charge in [0.15, 0.2) is 0 Å². The van der Waals surface area contributed by atoms with E-state index in [9.17, 15) is 13.2 Å². The van der Waals surface area contributed by atoms with Gasteiger partial charge < -0.3 is 4.90 Å². The zero-order chi connectivity index (χ0) is 17.0. The van der Waals surface area contributed by atoms with Crippen LogP contribution in [0.25, 0.3) is 0 Å². The van der Waals surface area contributed by atoms with E-state index in [1.54, 1.807) is 0 Å². The maximum Gasteiger partial charge on any atom is 0.279 e. The van der Waals surface area contributed by atoms with E-state index < -0.39 is 10.2 Å². The van der Waals surface area contributed by atoms with Crippen molar-refractivity contribution in [2.75, 3.05) is 32.7 Å². The summed E-state index contributed by atoms with van der Waals surface area (Å²) >= 11 is 0. The number of rotatable bonds is 5. The topological polar surface area (TPSA) is 69.7 Å². The fraction of sp³-hybridized carbons (Fsp3) is 0.938. The second kappa shape index (κ2) is 7.94. The van der Waals surface area contributed by atoms with Crippen LogP contribution in [0.15, 0.2) is 0 Å². The van der Waals surface area contributed by atoms with Crippen LogP contribution >= 0.6 is 0 Å². The summed E-state index contributed by atoms with van der Waals surface area (Å²) in [5.41, 5.74) is 0. The molecule has 0 spiro atoms. The van der Waals surface area contributed by atoms with E-state index in [-0.39, 0.29) is 18.9 Å². The molecule has 134 valence electrons. The standard InChI is InChI=1S/C16H31N3O3S/c1-13-5-4-8-18(10-13)16(20)6-7-17-23(21,22)19-11-14(2)9-15(3)12-19/h13-15,17H,4-12H2,1-3H3/t13-,14-,15+/m1/s1.